The van der Waals surface area contributed by atoms with E-state index < -0.39 is 28.3 Å². The predicted molar refractivity (Wildman–Crippen MR) is 95.2 cm³/mol. The van der Waals surface area contributed by atoms with E-state index in [4.69, 9.17) is 16.3 Å². The maximum Gasteiger partial charge on any atom is 0.245 e. The van der Waals surface area contributed by atoms with Crippen LogP contribution in [0.4, 0.5) is 15.8 Å². The monoisotopic (exact) mass is 386 g/mol. The summed E-state index contributed by atoms with van der Waals surface area (Å²) >= 11 is 6.02. The van der Waals surface area contributed by atoms with Crippen LogP contribution < -0.4 is 14.4 Å². The molecule has 1 amide bonds. The van der Waals surface area contributed by atoms with Crippen molar-refractivity contribution in [1.29, 1.82) is 0 Å². The lowest BCUT2D eigenvalue weighted by molar-refractivity contribution is -0.114. The van der Waals surface area contributed by atoms with Crippen LogP contribution in [0.1, 0.15) is 0 Å². The molecule has 0 aliphatic rings. The number of methoxy groups -OCH3 is 1. The fourth-order valence-corrected chi connectivity index (χ4v) is 3.21. The van der Waals surface area contributed by atoms with Crippen molar-refractivity contribution in [1.82, 2.24) is 0 Å². The molecule has 9 heteroatoms. The Morgan fingerprint density at radius 2 is 2.00 bits per heavy atom. The molecular formula is C16H16ClFN2O4S. The maximum absolute atomic E-state index is 13.2. The molecule has 6 nitrogen and oxygen atoms in total. The van der Waals surface area contributed by atoms with Crippen LogP contribution in [0, 0.1) is 5.82 Å². The second-order valence-electron chi connectivity index (χ2n) is 5.15. The van der Waals surface area contributed by atoms with Gasteiger partial charge in [0, 0.05) is 5.69 Å². The summed E-state index contributed by atoms with van der Waals surface area (Å²) in [7, 11) is -2.32. The number of hydrogen-bond donors (Lipinski definition) is 1. The Bertz CT molecular complexity index is 889. The average molecular weight is 387 g/mol. The number of rotatable bonds is 6. The lowest BCUT2D eigenvalue weighted by atomic mass is 10.3. The molecule has 2 rings (SSSR count). The molecule has 0 aromatic heterocycles. The number of amides is 1. The lowest BCUT2D eigenvalue weighted by Gasteiger charge is -2.22. The highest BCUT2D eigenvalue weighted by Gasteiger charge is 2.22. The number of hydrogen-bond acceptors (Lipinski definition) is 4. The molecule has 1 N–H and O–H groups in total. The average Bonchev–Trinajstić information content (AvgIpc) is 2.51. The van der Waals surface area contributed by atoms with Gasteiger partial charge < -0.3 is 10.1 Å². The molecule has 0 saturated heterocycles. The third-order valence-electron chi connectivity index (χ3n) is 3.22. The highest BCUT2D eigenvalue weighted by molar-refractivity contribution is 7.92. The molecule has 134 valence electrons. The van der Waals surface area contributed by atoms with Gasteiger partial charge >= 0.3 is 0 Å². The van der Waals surface area contributed by atoms with E-state index >= 15 is 0 Å². The van der Waals surface area contributed by atoms with Gasteiger partial charge in [0.2, 0.25) is 15.9 Å². The first kappa shape index (κ1) is 19.0. The van der Waals surface area contributed by atoms with Crippen molar-refractivity contribution in [3.8, 4) is 5.75 Å². The van der Waals surface area contributed by atoms with E-state index in [1.807, 2.05) is 0 Å². The van der Waals surface area contributed by atoms with Crippen LogP contribution in [0.15, 0.2) is 42.5 Å². The van der Waals surface area contributed by atoms with Gasteiger partial charge in [-0.1, -0.05) is 17.7 Å². The number of sulfonamides is 1. The Morgan fingerprint density at radius 1 is 1.28 bits per heavy atom. The van der Waals surface area contributed by atoms with Gasteiger partial charge in [0.25, 0.3) is 0 Å². The molecule has 0 aliphatic heterocycles. The van der Waals surface area contributed by atoms with E-state index in [0.717, 1.165) is 16.6 Å². The molecule has 0 unspecified atom stereocenters. The summed E-state index contributed by atoms with van der Waals surface area (Å²) in [4.78, 5) is 12.2. The number of benzene rings is 2. The molecule has 0 heterocycles. The second-order valence-corrected chi connectivity index (χ2v) is 7.46. The Balaban J connectivity index is 2.24. The van der Waals surface area contributed by atoms with Crippen LogP contribution in [-0.2, 0) is 14.8 Å². The summed E-state index contributed by atoms with van der Waals surface area (Å²) in [5.74, 6) is -0.759. The van der Waals surface area contributed by atoms with Crippen LogP contribution in [-0.4, -0.2) is 34.2 Å². The van der Waals surface area contributed by atoms with Gasteiger partial charge in [-0.25, -0.2) is 12.8 Å². The van der Waals surface area contributed by atoms with Crippen molar-refractivity contribution in [2.75, 3.05) is 29.5 Å². The van der Waals surface area contributed by atoms with Gasteiger partial charge in [-0.05, 0) is 36.4 Å². The molecule has 0 spiro atoms. The van der Waals surface area contributed by atoms with Gasteiger partial charge in [-0.15, -0.1) is 0 Å². The minimum absolute atomic E-state index is 0.208. The molecule has 0 saturated carbocycles. The molecule has 2 aromatic rings. The lowest BCUT2D eigenvalue weighted by Crippen LogP contribution is -2.37. The van der Waals surface area contributed by atoms with Crippen LogP contribution in [0.5, 0.6) is 5.75 Å². The summed E-state index contributed by atoms with van der Waals surface area (Å²) in [6, 6.07) is 9.65. The molecule has 0 aliphatic carbocycles. The zero-order valence-corrected chi connectivity index (χ0v) is 15.1. The van der Waals surface area contributed by atoms with E-state index in [-0.39, 0.29) is 16.4 Å². The zero-order chi connectivity index (χ0) is 18.6. The van der Waals surface area contributed by atoms with E-state index in [2.05, 4.69) is 5.32 Å². The number of anilines is 2. The summed E-state index contributed by atoms with van der Waals surface area (Å²) in [6.07, 6.45) is 0.973. The van der Waals surface area contributed by atoms with Crippen molar-refractivity contribution in [3.05, 3.63) is 53.3 Å². The Labute approximate surface area is 150 Å². The van der Waals surface area contributed by atoms with Crippen molar-refractivity contribution in [3.63, 3.8) is 0 Å². The number of carbonyl (C=O) groups excluding carboxylic acids is 1. The van der Waals surface area contributed by atoms with E-state index in [1.54, 1.807) is 0 Å². The maximum atomic E-state index is 13.2. The first-order chi connectivity index (χ1) is 11.7. The Kier molecular flexibility index (Phi) is 5.86. The number of nitrogens with one attached hydrogen (secondary N) is 1. The van der Waals surface area contributed by atoms with E-state index in [9.17, 15) is 17.6 Å². The number of ether oxygens (including phenoxy) is 1. The molecule has 0 atom stereocenters. The fourth-order valence-electron chi connectivity index (χ4n) is 2.11. The summed E-state index contributed by atoms with van der Waals surface area (Å²) in [6.45, 7) is -0.488. The van der Waals surface area contributed by atoms with Crippen LogP contribution >= 0.6 is 11.6 Å². The highest BCUT2D eigenvalue weighted by atomic mass is 35.5. The first-order valence-electron chi connectivity index (χ1n) is 7.07. The third kappa shape index (κ3) is 5.07. The predicted octanol–water partition coefficient (Wildman–Crippen LogP) is 2.89. The van der Waals surface area contributed by atoms with Gasteiger partial charge in [-0.2, -0.15) is 0 Å². The zero-order valence-electron chi connectivity index (χ0n) is 13.5. The fraction of sp³-hybridized carbons (Fsp3) is 0.188. The molecule has 25 heavy (non-hydrogen) atoms. The van der Waals surface area contributed by atoms with Crippen LogP contribution in [0.25, 0.3) is 0 Å². The van der Waals surface area contributed by atoms with Gasteiger partial charge in [0.1, 0.15) is 18.1 Å². The number of carbonyl (C=O) groups is 1. The number of nitrogens with zero attached hydrogens (tertiary/aromatic N) is 1. The second kappa shape index (κ2) is 7.71. The summed E-state index contributed by atoms with van der Waals surface area (Å²) in [5.41, 5.74) is 0.439. The standard InChI is InChI=1S/C16H16ClFN2O4S/c1-24-15-7-6-13(9-14(15)17)20(25(2,22)23)10-16(21)19-12-5-3-4-11(18)8-12/h3-9H,10H2,1-2H3,(H,19,21). The van der Waals surface area contributed by atoms with Crippen LogP contribution in [0.3, 0.4) is 0 Å². The summed E-state index contributed by atoms with van der Waals surface area (Å²) in [5, 5.41) is 2.66. The third-order valence-corrected chi connectivity index (χ3v) is 4.66. The molecule has 0 radical (unpaired) electrons. The molecular weight excluding hydrogens is 371 g/mol. The Hall–Kier alpha value is -2.32. The smallest absolute Gasteiger partial charge is 0.245 e. The van der Waals surface area contributed by atoms with E-state index in [1.165, 1.54) is 43.5 Å². The molecule has 0 bridgehead atoms. The van der Waals surface area contributed by atoms with Crippen molar-refractivity contribution in [2.45, 2.75) is 0 Å². The quantitative estimate of drug-likeness (QED) is 0.828. The van der Waals surface area contributed by atoms with Crippen molar-refractivity contribution in [2.24, 2.45) is 0 Å². The largest absolute Gasteiger partial charge is 0.495 e. The number of halogens is 2. The topological polar surface area (TPSA) is 75.7 Å². The highest BCUT2D eigenvalue weighted by Crippen LogP contribution is 2.30. The molecule has 0 fully saturated rings. The first-order valence-corrected chi connectivity index (χ1v) is 9.30. The molecule has 2 aromatic carbocycles. The normalized spacial score (nSPS) is 11.0. The van der Waals surface area contributed by atoms with Crippen LogP contribution in [0.2, 0.25) is 5.02 Å². The SMILES string of the molecule is COc1ccc(N(CC(=O)Nc2cccc(F)c2)S(C)(=O)=O)cc1Cl. The van der Waals surface area contributed by atoms with Crippen molar-refractivity contribution < 1.29 is 22.3 Å². The minimum atomic E-state index is -3.75. The Morgan fingerprint density at radius 3 is 2.56 bits per heavy atom. The summed E-state index contributed by atoms with van der Waals surface area (Å²) < 4.78 is 43.2. The van der Waals surface area contributed by atoms with Gasteiger partial charge in [-0.3, -0.25) is 9.10 Å². The van der Waals surface area contributed by atoms with Gasteiger partial charge in [0.15, 0.2) is 0 Å². The van der Waals surface area contributed by atoms with E-state index in [0.29, 0.717) is 5.75 Å². The van der Waals surface area contributed by atoms with Crippen molar-refractivity contribution >= 4 is 38.9 Å². The van der Waals surface area contributed by atoms with Gasteiger partial charge in [0.05, 0.1) is 24.1 Å². The minimum Gasteiger partial charge on any atom is -0.495 e.